The molecule has 0 spiro atoms. The van der Waals surface area contributed by atoms with Gasteiger partial charge in [-0.3, -0.25) is 0 Å². The first-order valence-corrected chi connectivity index (χ1v) is 20.3. The zero-order valence-corrected chi connectivity index (χ0v) is 34.1. The lowest BCUT2D eigenvalue weighted by atomic mass is 9.90. The number of para-hydroxylation sites is 2. The van der Waals surface area contributed by atoms with E-state index in [4.69, 9.17) is 0 Å². The second kappa shape index (κ2) is 15.5. The summed E-state index contributed by atoms with van der Waals surface area (Å²) < 4.78 is 50.5. The van der Waals surface area contributed by atoms with E-state index in [0.717, 1.165) is 27.6 Å². The lowest BCUT2D eigenvalue weighted by Gasteiger charge is -2.24. The first-order chi connectivity index (χ1) is 32.1. The molecule has 11 heteroatoms. The van der Waals surface area contributed by atoms with E-state index >= 15 is 13.2 Å². The molecule has 306 valence electrons. The summed E-state index contributed by atoms with van der Waals surface area (Å²) in [4.78, 5) is 0. The Hall–Kier alpha value is -9.91. The molecule has 10 rings (SSSR count). The Morgan fingerprint density at radius 2 is 0.818 bits per heavy atom. The molecule has 0 saturated heterocycles. The van der Waals surface area contributed by atoms with Crippen molar-refractivity contribution in [2.24, 2.45) is 0 Å². The van der Waals surface area contributed by atoms with Crippen LogP contribution < -0.4 is 0 Å². The van der Waals surface area contributed by atoms with E-state index in [1.54, 1.807) is 45.5 Å². The molecule has 0 aliphatic heterocycles. The second-order valence-corrected chi connectivity index (χ2v) is 15.5. The van der Waals surface area contributed by atoms with Crippen LogP contribution in [-0.4, -0.2) is 9.13 Å². The molecule has 8 nitrogen and oxygen atoms in total. The Kier molecular flexibility index (Phi) is 9.41. The van der Waals surface area contributed by atoms with Crippen LogP contribution in [0.1, 0.15) is 38.9 Å². The number of hydrogen-bond acceptors (Lipinski definition) is 6. The van der Waals surface area contributed by atoms with Crippen molar-refractivity contribution >= 4 is 43.6 Å². The van der Waals surface area contributed by atoms with Crippen LogP contribution in [0, 0.1) is 68.0 Å². The highest BCUT2D eigenvalue weighted by Gasteiger charge is 2.37. The van der Waals surface area contributed by atoms with E-state index < -0.39 is 17.3 Å². The molecule has 66 heavy (non-hydrogen) atoms. The monoisotopic (exact) mass is 854 g/mol. The molecular weight excluding hydrogens is 830 g/mol. The van der Waals surface area contributed by atoms with Crippen molar-refractivity contribution in [3.05, 3.63) is 191 Å². The van der Waals surface area contributed by atoms with Gasteiger partial charge in [0.05, 0.1) is 109 Å². The highest BCUT2D eigenvalue weighted by molar-refractivity contribution is 6.13. The summed E-state index contributed by atoms with van der Waals surface area (Å²) in [6.07, 6.45) is -4.95. The lowest BCUT2D eigenvalue weighted by molar-refractivity contribution is -0.137. The van der Waals surface area contributed by atoms with Gasteiger partial charge in [-0.05, 0) is 95.1 Å². The summed E-state index contributed by atoms with van der Waals surface area (Å²) in [5, 5.41) is 64.0. The molecular formula is C55H25F3N8. The standard InChI is InChI=1S/C55H25F3N8/c56-55(57,58)46-9-5-6-37(29-62)53(46)54-51(65-47-10-3-1-7-42(47)44-18-14-35(24-49(44)65)40-16-12-32(26-59)20-38(40)30-63)22-34(28-61)23-52(54)66-48-11-4-2-8-43(48)45-19-15-36(25-50(45)66)41-17-13-33(27-60)21-39(41)31-64/h1-25H. The van der Waals surface area contributed by atoms with Crippen LogP contribution in [0.5, 0.6) is 0 Å². The van der Waals surface area contributed by atoms with Crippen molar-refractivity contribution in [3.8, 4) is 81.2 Å². The van der Waals surface area contributed by atoms with Crippen molar-refractivity contribution in [2.45, 2.75) is 6.18 Å². The van der Waals surface area contributed by atoms with Crippen molar-refractivity contribution in [1.82, 2.24) is 9.13 Å². The Bertz CT molecular complexity index is 3800. The van der Waals surface area contributed by atoms with Gasteiger partial charge in [0, 0.05) is 32.7 Å². The van der Waals surface area contributed by atoms with Gasteiger partial charge in [0.25, 0.3) is 0 Å². The number of alkyl halides is 3. The zero-order valence-electron chi connectivity index (χ0n) is 34.1. The molecule has 0 N–H and O–H groups in total. The third-order valence-electron chi connectivity index (χ3n) is 12.0. The molecule has 0 amide bonds. The van der Waals surface area contributed by atoms with E-state index in [1.165, 1.54) is 36.4 Å². The molecule has 0 aliphatic carbocycles. The Balaban J connectivity index is 1.41. The normalized spacial score (nSPS) is 11.2. The first-order valence-electron chi connectivity index (χ1n) is 20.3. The summed E-state index contributed by atoms with van der Waals surface area (Å²) in [5.41, 5.74) is 4.29. The highest BCUT2D eigenvalue weighted by atomic mass is 19.4. The third-order valence-corrected chi connectivity index (χ3v) is 12.0. The predicted molar refractivity (Wildman–Crippen MR) is 245 cm³/mol. The maximum atomic E-state index is 15.6. The fraction of sp³-hybridized carbons (Fsp3) is 0.0182. The van der Waals surface area contributed by atoms with Crippen LogP contribution in [-0.2, 0) is 6.18 Å². The van der Waals surface area contributed by atoms with Crippen LogP contribution >= 0.6 is 0 Å². The number of nitrogens with zero attached hydrogens (tertiary/aromatic N) is 8. The van der Waals surface area contributed by atoms with Crippen molar-refractivity contribution < 1.29 is 13.2 Å². The van der Waals surface area contributed by atoms with Gasteiger partial charge in [0.15, 0.2) is 0 Å². The predicted octanol–water partition coefficient (Wildman–Crippen LogP) is 13.1. The average molecular weight is 855 g/mol. The van der Waals surface area contributed by atoms with Crippen molar-refractivity contribution in [2.75, 3.05) is 0 Å². The maximum absolute atomic E-state index is 15.6. The summed E-state index contributed by atoms with van der Waals surface area (Å²) in [6, 6.07) is 54.7. The zero-order chi connectivity index (χ0) is 45.9. The Labute approximate surface area is 374 Å². The number of rotatable bonds is 5. The molecule has 0 aliphatic rings. The molecule has 2 aromatic heterocycles. The highest BCUT2D eigenvalue weighted by Crippen LogP contribution is 2.48. The number of halogens is 3. The van der Waals surface area contributed by atoms with Gasteiger partial charge >= 0.3 is 6.18 Å². The van der Waals surface area contributed by atoms with Crippen LogP contribution in [0.25, 0.3) is 88.4 Å². The fourth-order valence-corrected chi connectivity index (χ4v) is 9.15. The van der Waals surface area contributed by atoms with Gasteiger partial charge in [-0.25, -0.2) is 0 Å². The van der Waals surface area contributed by atoms with Crippen LogP contribution in [0.3, 0.4) is 0 Å². The first kappa shape index (κ1) is 40.2. The van der Waals surface area contributed by atoms with Gasteiger partial charge in [0.2, 0.25) is 0 Å². The lowest BCUT2D eigenvalue weighted by Crippen LogP contribution is -2.12. The van der Waals surface area contributed by atoms with Gasteiger partial charge < -0.3 is 9.13 Å². The van der Waals surface area contributed by atoms with Gasteiger partial charge in [-0.1, -0.05) is 78.9 Å². The van der Waals surface area contributed by atoms with E-state index in [2.05, 4.69) is 30.3 Å². The second-order valence-electron chi connectivity index (χ2n) is 15.5. The topological polar surface area (TPSA) is 153 Å². The number of aromatic nitrogens is 2. The minimum Gasteiger partial charge on any atom is -0.308 e. The molecule has 0 saturated carbocycles. The van der Waals surface area contributed by atoms with Crippen molar-refractivity contribution in [3.63, 3.8) is 0 Å². The van der Waals surface area contributed by atoms with E-state index in [1.807, 2.05) is 78.9 Å². The number of fused-ring (bicyclic) bond motifs is 6. The summed E-state index contributed by atoms with van der Waals surface area (Å²) >= 11 is 0. The molecule has 0 fully saturated rings. The molecule has 0 unspecified atom stereocenters. The molecule has 0 radical (unpaired) electrons. The van der Waals surface area contributed by atoms with Crippen LogP contribution in [0.4, 0.5) is 13.2 Å². The molecule has 10 aromatic rings. The van der Waals surface area contributed by atoms with Crippen LogP contribution in [0.2, 0.25) is 0 Å². The third kappa shape index (κ3) is 6.26. The fourth-order valence-electron chi connectivity index (χ4n) is 9.15. The number of benzene rings is 8. The smallest absolute Gasteiger partial charge is 0.308 e. The quantitative estimate of drug-likeness (QED) is 0.168. The Morgan fingerprint density at radius 3 is 1.26 bits per heavy atom. The largest absolute Gasteiger partial charge is 0.417 e. The van der Waals surface area contributed by atoms with Gasteiger partial charge in [-0.15, -0.1) is 0 Å². The van der Waals surface area contributed by atoms with Gasteiger partial charge in [0.1, 0.15) is 0 Å². The minimum atomic E-state index is -4.95. The number of nitriles is 6. The Morgan fingerprint density at radius 1 is 0.364 bits per heavy atom. The maximum Gasteiger partial charge on any atom is 0.417 e. The minimum absolute atomic E-state index is 0.00626. The summed E-state index contributed by atoms with van der Waals surface area (Å²) in [6.45, 7) is 0. The van der Waals surface area contributed by atoms with E-state index in [0.29, 0.717) is 55.4 Å². The number of hydrogen-bond donors (Lipinski definition) is 0. The van der Waals surface area contributed by atoms with Crippen LogP contribution in [0.15, 0.2) is 152 Å². The van der Waals surface area contributed by atoms with E-state index in [-0.39, 0.29) is 39.2 Å². The van der Waals surface area contributed by atoms with Gasteiger partial charge in [-0.2, -0.15) is 44.7 Å². The molecule has 0 atom stereocenters. The van der Waals surface area contributed by atoms with Crippen molar-refractivity contribution in [1.29, 1.82) is 31.6 Å². The molecule has 0 bridgehead atoms. The average Bonchev–Trinajstić information content (AvgIpc) is 3.86. The SMILES string of the molecule is N#Cc1ccc(-c2ccc3c4ccccc4n(-c4cc(C#N)cc(-n5c6ccccc6c6ccc(-c7ccc(C#N)cc7C#N)cc65)c4-c4c(C#N)cccc4C(F)(F)F)c3c2)c(C#N)c1. The van der Waals surface area contributed by atoms with E-state index in [9.17, 15) is 31.6 Å². The summed E-state index contributed by atoms with van der Waals surface area (Å²) in [7, 11) is 0. The molecule has 2 heterocycles. The summed E-state index contributed by atoms with van der Waals surface area (Å²) in [5.74, 6) is 0. The molecule has 8 aromatic carbocycles.